The summed E-state index contributed by atoms with van der Waals surface area (Å²) < 4.78 is 4.89. The lowest BCUT2D eigenvalue weighted by atomic mass is 9.05. The van der Waals surface area contributed by atoms with E-state index in [1.807, 2.05) is 0 Å². The zero-order chi connectivity index (χ0) is 10.6. The summed E-state index contributed by atoms with van der Waals surface area (Å²) in [6, 6.07) is 0. The number of carbonyl (C=O) groups excluding carboxylic acids is 2. The average Bonchev–Trinajstić information content (AvgIpc) is 2.52. The quantitative estimate of drug-likeness (QED) is 0.442. The summed E-state index contributed by atoms with van der Waals surface area (Å²) in [7, 11) is 0. The van der Waals surface area contributed by atoms with Crippen LogP contribution >= 0.6 is 0 Å². The fraction of sp³-hybridized carbons (Fsp3) is 0.846. The standard InChI is InChI=1S/C13H12O3/c1-13-8-5-2-3-4(12(15)16-11(3)14)7(9(5)13)10(13)6(2)8/h2-10H,1H3/t2?,3-,4+,5-,6+,7?,8?,9+,10-,13?/m1/s1. The maximum Gasteiger partial charge on any atom is 0.317 e. The number of ether oxygens (including phenoxy) is 1. The first-order valence-corrected chi connectivity index (χ1v) is 6.43. The molecule has 4 unspecified atom stereocenters. The van der Waals surface area contributed by atoms with Crippen molar-refractivity contribution in [1.29, 1.82) is 0 Å². The van der Waals surface area contributed by atoms with Gasteiger partial charge in [0.15, 0.2) is 0 Å². The smallest absolute Gasteiger partial charge is 0.317 e. The number of carbonyl (C=O) groups is 2. The van der Waals surface area contributed by atoms with Crippen LogP contribution in [0, 0.1) is 58.7 Å². The van der Waals surface area contributed by atoms with Crippen LogP contribution in [-0.2, 0) is 14.3 Å². The molecule has 6 aliphatic carbocycles. The van der Waals surface area contributed by atoms with Gasteiger partial charge in [-0.15, -0.1) is 0 Å². The lowest BCUT2D eigenvalue weighted by Crippen LogP contribution is -2.97. The molecule has 16 heavy (non-hydrogen) atoms. The Hall–Kier alpha value is -0.860. The highest BCUT2D eigenvalue weighted by Gasteiger charge is 2.97. The van der Waals surface area contributed by atoms with Crippen LogP contribution in [0.4, 0.5) is 0 Å². The number of rotatable bonds is 0. The normalized spacial score (nSPS) is 78.7. The predicted molar refractivity (Wildman–Crippen MR) is 50.6 cm³/mol. The van der Waals surface area contributed by atoms with E-state index in [1.54, 1.807) is 0 Å². The molecule has 1 saturated heterocycles. The van der Waals surface area contributed by atoms with Crippen molar-refractivity contribution in [3.05, 3.63) is 0 Å². The summed E-state index contributed by atoms with van der Waals surface area (Å²) >= 11 is 0. The van der Waals surface area contributed by atoms with Gasteiger partial charge in [0.25, 0.3) is 0 Å². The van der Waals surface area contributed by atoms with Crippen molar-refractivity contribution >= 4 is 11.9 Å². The summed E-state index contributed by atoms with van der Waals surface area (Å²) in [6.45, 7) is 2.41. The van der Waals surface area contributed by atoms with E-state index in [2.05, 4.69) is 6.92 Å². The van der Waals surface area contributed by atoms with E-state index >= 15 is 0 Å². The van der Waals surface area contributed by atoms with Gasteiger partial charge in [0, 0.05) is 0 Å². The fourth-order valence-electron chi connectivity index (χ4n) is 7.55. The van der Waals surface area contributed by atoms with Crippen LogP contribution < -0.4 is 0 Å². The minimum absolute atomic E-state index is 0.0268. The second-order valence-electron chi connectivity index (χ2n) is 7.04. The zero-order valence-corrected chi connectivity index (χ0v) is 8.92. The molecule has 0 N–H and O–H groups in total. The largest absolute Gasteiger partial charge is 0.393 e. The first-order chi connectivity index (χ1) is 7.67. The molecular formula is C13H12O3. The van der Waals surface area contributed by atoms with Crippen LogP contribution in [0.3, 0.4) is 0 Å². The summed E-state index contributed by atoms with van der Waals surface area (Å²) in [5.74, 6) is 4.68. The van der Waals surface area contributed by atoms with Crippen LogP contribution in [-0.4, -0.2) is 11.9 Å². The van der Waals surface area contributed by atoms with Crippen molar-refractivity contribution in [3.8, 4) is 0 Å². The van der Waals surface area contributed by atoms with Crippen LogP contribution in [0.1, 0.15) is 6.92 Å². The van der Waals surface area contributed by atoms with E-state index in [0.29, 0.717) is 17.3 Å². The van der Waals surface area contributed by atoms with E-state index in [4.69, 9.17) is 4.74 Å². The lowest BCUT2D eigenvalue weighted by Gasteiger charge is -2.99. The van der Waals surface area contributed by atoms with Gasteiger partial charge in [-0.05, 0) is 46.8 Å². The Labute approximate surface area is 92.5 Å². The molecular weight excluding hydrogens is 204 g/mol. The van der Waals surface area contributed by atoms with Gasteiger partial charge in [-0.3, -0.25) is 9.59 Å². The second kappa shape index (κ2) is 1.59. The molecule has 7 rings (SSSR count). The maximum atomic E-state index is 11.8. The number of esters is 2. The number of cyclic esters (lactones) is 2. The third kappa shape index (κ3) is 0.362. The van der Waals surface area contributed by atoms with E-state index < -0.39 is 0 Å². The predicted octanol–water partition coefficient (Wildman–Crippen LogP) is 0.690. The van der Waals surface area contributed by atoms with Gasteiger partial charge in [0.1, 0.15) is 0 Å². The average molecular weight is 216 g/mol. The van der Waals surface area contributed by atoms with Crippen molar-refractivity contribution in [2.45, 2.75) is 6.92 Å². The zero-order valence-electron chi connectivity index (χ0n) is 8.92. The molecule has 0 amide bonds. The SMILES string of the molecule is CC12C3[C@H]4C5[C@@H]3[C@@H]1C([C@H]1C(=O)OC(=O)[C@H]51)[C@H]42. The van der Waals surface area contributed by atoms with Crippen LogP contribution in [0.5, 0.6) is 0 Å². The van der Waals surface area contributed by atoms with Gasteiger partial charge in [0.2, 0.25) is 0 Å². The molecule has 7 aliphatic rings. The molecule has 0 radical (unpaired) electrons. The molecule has 0 aromatic rings. The first kappa shape index (κ1) is 7.46. The van der Waals surface area contributed by atoms with Crippen molar-refractivity contribution in [3.63, 3.8) is 0 Å². The molecule has 3 nitrogen and oxygen atoms in total. The second-order valence-corrected chi connectivity index (χ2v) is 7.04. The third-order valence-corrected chi connectivity index (χ3v) is 7.49. The van der Waals surface area contributed by atoms with E-state index in [-0.39, 0.29) is 23.8 Å². The van der Waals surface area contributed by atoms with E-state index in [0.717, 1.165) is 29.6 Å². The molecule has 7 fully saturated rings. The molecule has 1 heterocycles. The van der Waals surface area contributed by atoms with Crippen molar-refractivity contribution in [1.82, 2.24) is 0 Å². The van der Waals surface area contributed by atoms with Gasteiger partial charge >= 0.3 is 11.9 Å². The summed E-state index contributed by atoms with van der Waals surface area (Å²) in [4.78, 5) is 23.5. The van der Waals surface area contributed by atoms with Crippen LogP contribution in [0.15, 0.2) is 0 Å². The van der Waals surface area contributed by atoms with Crippen LogP contribution in [0.2, 0.25) is 0 Å². The molecule has 82 valence electrons. The summed E-state index contributed by atoms with van der Waals surface area (Å²) in [6.07, 6.45) is 0. The van der Waals surface area contributed by atoms with Gasteiger partial charge in [-0.25, -0.2) is 0 Å². The molecule has 0 aromatic heterocycles. The van der Waals surface area contributed by atoms with Gasteiger partial charge in [-0.1, -0.05) is 6.92 Å². The van der Waals surface area contributed by atoms with Gasteiger partial charge in [0.05, 0.1) is 11.8 Å². The summed E-state index contributed by atoms with van der Waals surface area (Å²) in [5, 5.41) is 0. The fourth-order valence-corrected chi connectivity index (χ4v) is 7.55. The highest BCUT2D eigenvalue weighted by atomic mass is 16.6. The molecule has 3 heteroatoms. The number of hydrogen-bond donors (Lipinski definition) is 0. The Bertz CT molecular complexity index is 489. The lowest BCUT2D eigenvalue weighted by molar-refractivity contribution is -0.524. The van der Waals surface area contributed by atoms with Gasteiger partial charge in [-0.2, -0.15) is 0 Å². The van der Waals surface area contributed by atoms with Crippen molar-refractivity contribution < 1.29 is 14.3 Å². The van der Waals surface area contributed by atoms with E-state index in [9.17, 15) is 9.59 Å². The Morgan fingerprint density at radius 2 is 1.38 bits per heavy atom. The molecule has 2 bridgehead atoms. The summed E-state index contributed by atoms with van der Waals surface area (Å²) in [5.41, 5.74) is 0.591. The highest BCUT2D eigenvalue weighted by Crippen LogP contribution is 2.98. The Morgan fingerprint density at radius 1 is 0.875 bits per heavy atom. The maximum absolute atomic E-state index is 11.8. The van der Waals surface area contributed by atoms with Gasteiger partial charge < -0.3 is 4.74 Å². The van der Waals surface area contributed by atoms with Crippen molar-refractivity contribution in [2.24, 2.45) is 58.7 Å². The van der Waals surface area contributed by atoms with E-state index in [1.165, 1.54) is 0 Å². The molecule has 0 spiro atoms. The Morgan fingerprint density at radius 3 is 2.00 bits per heavy atom. The topological polar surface area (TPSA) is 43.4 Å². The monoisotopic (exact) mass is 216 g/mol. The third-order valence-electron chi connectivity index (χ3n) is 7.49. The molecule has 1 aliphatic heterocycles. The van der Waals surface area contributed by atoms with Crippen LogP contribution in [0.25, 0.3) is 0 Å². The first-order valence-electron chi connectivity index (χ1n) is 6.43. The highest BCUT2D eigenvalue weighted by molar-refractivity contribution is 5.98. The Balaban J connectivity index is 1.58. The minimum Gasteiger partial charge on any atom is -0.393 e. The minimum atomic E-state index is -0.195. The molecule has 0 aromatic carbocycles. The van der Waals surface area contributed by atoms with Crippen molar-refractivity contribution in [2.75, 3.05) is 0 Å². The number of hydrogen-bond acceptors (Lipinski definition) is 3. The molecule has 6 saturated carbocycles. The molecule has 10 atom stereocenters. The Kier molecular flexibility index (Phi) is 0.743.